The molecule has 33 heavy (non-hydrogen) atoms. The number of carbonyl (C=O) groups excluding carboxylic acids is 1. The predicted molar refractivity (Wildman–Crippen MR) is 132 cm³/mol. The normalized spacial score (nSPS) is 18.0. The van der Waals surface area contributed by atoms with Gasteiger partial charge in [-0.3, -0.25) is 5.32 Å². The maximum Gasteiger partial charge on any atom is 0.412 e. The van der Waals surface area contributed by atoms with Crippen LogP contribution in [-0.4, -0.2) is 39.8 Å². The molecule has 1 aliphatic heterocycles. The standard InChI is InChI=1S/C24H31BrFNO5Si/c1-24(2,3)33(4,5)31-15-22-21(32-22)14-29-20-11-17(25)18(26)12-19(20)27-23(28)30-13-16-9-7-6-8-10-16/h6-12,21-22H,13-15H2,1-5H3,(H,27,28)/t21-,22+/m1/s1. The van der Waals surface area contributed by atoms with E-state index < -0.39 is 20.2 Å². The fourth-order valence-electron chi connectivity index (χ4n) is 2.77. The van der Waals surface area contributed by atoms with Crippen molar-refractivity contribution in [2.24, 2.45) is 0 Å². The van der Waals surface area contributed by atoms with Crippen LogP contribution in [0.4, 0.5) is 14.9 Å². The number of hydrogen-bond acceptors (Lipinski definition) is 5. The summed E-state index contributed by atoms with van der Waals surface area (Å²) in [7, 11) is -1.85. The van der Waals surface area contributed by atoms with Gasteiger partial charge in [0.25, 0.3) is 0 Å². The van der Waals surface area contributed by atoms with Crippen LogP contribution < -0.4 is 10.1 Å². The maximum absolute atomic E-state index is 14.1. The quantitative estimate of drug-likeness (QED) is 0.290. The van der Waals surface area contributed by atoms with Gasteiger partial charge < -0.3 is 18.6 Å². The van der Waals surface area contributed by atoms with Gasteiger partial charge in [0.2, 0.25) is 0 Å². The number of nitrogens with one attached hydrogen (secondary N) is 1. The number of hydrogen-bond donors (Lipinski definition) is 1. The minimum Gasteiger partial charge on any atom is -0.489 e. The second-order valence-electron chi connectivity index (χ2n) is 9.54. The minimum absolute atomic E-state index is 0.0322. The van der Waals surface area contributed by atoms with Crippen LogP contribution in [0.15, 0.2) is 46.9 Å². The molecule has 6 nitrogen and oxygen atoms in total. The van der Waals surface area contributed by atoms with E-state index in [4.69, 9.17) is 18.6 Å². The molecule has 3 rings (SSSR count). The van der Waals surface area contributed by atoms with E-state index in [1.54, 1.807) is 0 Å². The molecule has 0 aromatic heterocycles. The summed E-state index contributed by atoms with van der Waals surface area (Å²) in [6.07, 6.45) is -0.847. The molecule has 0 radical (unpaired) electrons. The van der Waals surface area contributed by atoms with E-state index in [0.29, 0.717) is 12.4 Å². The van der Waals surface area contributed by atoms with E-state index in [1.165, 1.54) is 12.1 Å². The van der Waals surface area contributed by atoms with Gasteiger partial charge in [-0.2, -0.15) is 0 Å². The summed E-state index contributed by atoms with van der Waals surface area (Å²) in [6, 6.07) is 12.0. The number of amides is 1. The first-order valence-electron chi connectivity index (χ1n) is 10.9. The van der Waals surface area contributed by atoms with E-state index in [9.17, 15) is 9.18 Å². The molecule has 0 spiro atoms. The second kappa shape index (κ2) is 10.5. The molecule has 2 aromatic carbocycles. The highest BCUT2D eigenvalue weighted by atomic mass is 79.9. The summed E-state index contributed by atoms with van der Waals surface area (Å²) in [5.74, 6) is -0.205. The molecule has 2 atom stereocenters. The van der Waals surface area contributed by atoms with Crippen LogP contribution in [0.3, 0.4) is 0 Å². The highest BCUT2D eigenvalue weighted by Crippen LogP contribution is 2.38. The lowest BCUT2D eigenvalue weighted by molar-refractivity contribution is 0.155. The Balaban J connectivity index is 1.53. The first kappa shape index (κ1) is 25.7. The fraction of sp³-hybridized carbons (Fsp3) is 0.458. The van der Waals surface area contributed by atoms with Crippen molar-refractivity contribution < 1.29 is 27.8 Å². The molecule has 1 fully saturated rings. The molecular weight excluding hydrogens is 509 g/mol. The number of rotatable bonds is 9. The predicted octanol–water partition coefficient (Wildman–Crippen LogP) is 6.50. The van der Waals surface area contributed by atoms with Crippen molar-refractivity contribution in [3.63, 3.8) is 0 Å². The Morgan fingerprint density at radius 2 is 1.82 bits per heavy atom. The van der Waals surface area contributed by atoms with Crippen LogP contribution in [-0.2, 0) is 20.5 Å². The Labute approximate surface area is 204 Å². The fourth-order valence-corrected chi connectivity index (χ4v) is 4.10. The molecule has 0 aliphatic carbocycles. The molecule has 1 amide bonds. The van der Waals surface area contributed by atoms with E-state index in [-0.39, 0.29) is 40.6 Å². The molecule has 1 N–H and O–H groups in total. The zero-order valence-electron chi connectivity index (χ0n) is 19.6. The first-order valence-corrected chi connectivity index (χ1v) is 14.6. The van der Waals surface area contributed by atoms with E-state index >= 15 is 0 Å². The number of benzene rings is 2. The van der Waals surface area contributed by atoms with Gasteiger partial charge in [0.05, 0.1) is 16.8 Å². The third-order valence-electron chi connectivity index (χ3n) is 5.98. The Morgan fingerprint density at radius 1 is 1.15 bits per heavy atom. The number of carbonyl (C=O) groups is 1. The summed E-state index contributed by atoms with van der Waals surface area (Å²) in [6.45, 7) is 11.9. The third kappa shape index (κ3) is 7.27. The van der Waals surface area contributed by atoms with Crippen LogP contribution in [0.2, 0.25) is 18.1 Å². The molecule has 9 heteroatoms. The molecule has 0 bridgehead atoms. The number of anilines is 1. The van der Waals surface area contributed by atoms with Crippen molar-refractivity contribution in [2.45, 2.75) is 57.7 Å². The monoisotopic (exact) mass is 539 g/mol. The van der Waals surface area contributed by atoms with Gasteiger partial charge in [0.1, 0.15) is 37.0 Å². The van der Waals surface area contributed by atoms with Gasteiger partial charge >= 0.3 is 6.09 Å². The molecular formula is C24H31BrFNO5Si. The Morgan fingerprint density at radius 3 is 2.48 bits per heavy atom. The van der Waals surface area contributed by atoms with Crippen molar-refractivity contribution >= 4 is 36.0 Å². The molecule has 0 saturated carbocycles. The SMILES string of the molecule is CC(C)(C)[Si](C)(C)OC[C@@H]1O[C@@H]1COc1cc(Br)c(F)cc1NC(=O)OCc1ccccc1. The highest BCUT2D eigenvalue weighted by Gasteiger charge is 2.44. The van der Waals surface area contributed by atoms with Gasteiger partial charge in [-0.15, -0.1) is 0 Å². The van der Waals surface area contributed by atoms with Gasteiger partial charge in [0.15, 0.2) is 8.32 Å². The Bertz CT molecular complexity index is 967. The molecule has 0 unspecified atom stereocenters. The third-order valence-corrected chi connectivity index (χ3v) is 11.1. The molecule has 1 aliphatic rings. The summed E-state index contributed by atoms with van der Waals surface area (Å²) in [4.78, 5) is 12.2. The van der Waals surface area contributed by atoms with Crippen LogP contribution in [0.1, 0.15) is 26.3 Å². The molecule has 1 saturated heterocycles. The van der Waals surface area contributed by atoms with Gasteiger partial charge in [-0.1, -0.05) is 51.1 Å². The van der Waals surface area contributed by atoms with Crippen LogP contribution in [0, 0.1) is 5.82 Å². The van der Waals surface area contributed by atoms with Crippen LogP contribution in [0.5, 0.6) is 5.75 Å². The number of epoxide rings is 1. The number of ether oxygens (including phenoxy) is 3. The number of halogens is 2. The van der Waals surface area contributed by atoms with E-state index in [0.717, 1.165) is 5.56 Å². The lowest BCUT2D eigenvalue weighted by atomic mass is 10.2. The smallest absolute Gasteiger partial charge is 0.412 e. The summed E-state index contributed by atoms with van der Waals surface area (Å²) >= 11 is 3.16. The summed E-state index contributed by atoms with van der Waals surface area (Å²) in [5.41, 5.74) is 1.03. The lowest BCUT2D eigenvalue weighted by Crippen LogP contribution is -2.41. The zero-order valence-corrected chi connectivity index (χ0v) is 22.2. The lowest BCUT2D eigenvalue weighted by Gasteiger charge is -2.36. The summed E-state index contributed by atoms with van der Waals surface area (Å²) in [5, 5.41) is 2.69. The van der Waals surface area contributed by atoms with E-state index in [2.05, 4.69) is 55.1 Å². The Hall–Kier alpha value is -1.94. The van der Waals surface area contributed by atoms with Crippen molar-refractivity contribution in [3.8, 4) is 5.75 Å². The van der Waals surface area contributed by atoms with Crippen molar-refractivity contribution in [2.75, 3.05) is 18.5 Å². The van der Waals surface area contributed by atoms with Gasteiger partial charge in [0, 0.05) is 6.07 Å². The maximum atomic E-state index is 14.1. The highest BCUT2D eigenvalue weighted by molar-refractivity contribution is 9.10. The van der Waals surface area contributed by atoms with E-state index in [1.807, 2.05) is 30.3 Å². The second-order valence-corrected chi connectivity index (χ2v) is 15.2. The molecule has 2 aromatic rings. The first-order chi connectivity index (χ1) is 15.5. The van der Waals surface area contributed by atoms with Crippen LogP contribution in [0.25, 0.3) is 0 Å². The average Bonchev–Trinajstić information content (AvgIpc) is 3.51. The van der Waals surface area contributed by atoms with Gasteiger partial charge in [-0.05, 0) is 45.7 Å². The Kier molecular flexibility index (Phi) is 8.20. The molecule has 1 heterocycles. The zero-order chi connectivity index (χ0) is 24.2. The average molecular weight is 541 g/mol. The van der Waals surface area contributed by atoms with Crippen molar-refractivity contribution in [1.82, 2.24) is 0 Å². The topological polar surface area (TPSA) is 69.3 Å². The largest absolute Gasteiger partial charge is 0.489 e. The van der Waals surface area contributed by atoms with Crippen molar-refractivity contribution in [3.05, 3.63) is 58.3 Å². The summed E-state index contributed by atoms with van der Waals surface area (Å²) < 4.78 is 37.3. The van der Waals surface area contributed by atoms with Crippen LogP contribution >= 0.6 is 15.9 Å². The molecule has 180 valence electrons. The van der Waals surface area contributed by atoms with Gasteiger partial charge in [-0.25, -0.2) is 9.18 Å². The van der Waals surface area contributed by atoms with Crippen molar-refractivity contribution in [1.29, 1.82) is 0 Å². The minimum atomic E-state index is -1.85.